The molecule has 0 aromatic heterocycles. The third kappa shape index (κ3) is 3.49. The predicted octanol–water partition coefficient (Wildman–Crippen LogP) is 3.68. The molecule has 3 nitrogen and oxygen atoms in total. The monoisotopic (exact) mass is 296 g/mol. The van der Waals surface area contributed by atoms with Gasteiger partial charge in [0.05, 0.1) is 6.10 Å². The Labute approximate surface area is 133 Å². The fraction of sp³-hybridized carbons (Fsp3) is 0.368. The van der Waals surface area contributed by atoms with Crippen LogP contribution in [0, 0.1) is 0 Å². The molecule has 1 aliphatic rings. The third-order valence-electron chi connectivity index (χ3n) is 4.44. The zero-order valence-electron chi connectivity index (χ0n) is 13.4. The number of ether oxygens (including phenoxy) is 1. The Kier molecular flexibility index (Phi) is 4.76. The number of rotatable bonds is 5. The summed E-state index contributed by atoms with van der Waals surface area (Å²) in [6.45, 7) is 3.18. The highest BCUT2D eigenvalue weighted by molar-refractivity contribution is 5.62. The molecule has 0 saturated carbocycles. The standard InChI is InChI=1S/C19H24N2O/c1-20(17-6-4-3-5-7-17)18-10-8-16(9-11-18)14-21-13-12-19(15-21)22-2/h3-11,19H,12-15H2,1-2H3/t19-/m0/s1. The van der Waals surface area contributed by atoms with Crippen LogP contribution in [0.15, 0.2) is 54.6 Å². The van der Waals surface area contributed by atoms with Gasteiger partial charge in [-0.1, -0.05) is 30.3 Å². The highest BCUT2D eigenvalue weighted by atomic mass is 16.5. The summed E-state index contributed by atoms with van der Waals surface area (Å²) in [5.41, 5.74) is 3.78. The molecule has 0 N–H and O–H groups in total. The maximum Gasteiger partial charge on any atom is 0.0710 e. The first-order valence-corrected chi connectivity index (χ1v) is 7.89. The average molecular weight is 296 g/mol. The van der Waals surface area contributed by atoms with Gasteiger partial charge in [0.2, 0.25) is 0 Å². The second-order valence-electron chi connectivity index (χ2n) is 5.94. The zero-order valence-corrected chi connectivity index (χ0v) is 13.4. The summed E-state index contributed by atoms with van der Waals surface area (Å²) in [4.78, 5) is 4.67. The summed E-state index contributed by atoms with van der Waals surface area (Å²) >= 11 is 0. The van der Waals surface area contributed by atoms with E-state index in [9.17, 15) is 0 Å². The summed E-state index contributed by atoms with van der Waals surface area (Å²) in [7, 11) is 3.91. The smallest absolute Gasteiger partial charge is 0.0710 e. The van der Waals surface area contributed by atoms with E-state index in [1.165, 1.54) is 16.9 Å². The van der Waals surface area contributed by atoms with Gasteiger partial charge in [-0.2, -0.15) is 0 Å². The van der Waals surface area contributed by atoms with Gasteiger partial charge in [-0.05, 0) is 36.2 Å². The second kappa shape index (κ2) is 6.95. The molecule has 22 heavy (non-hydrogen) atoms. The van der Waals surface area contributed by atoms with Crippen LogP contribution >= 0.6 is 0 Å². The van der Waals surface area contributed by atoms with Crippen molar-refractivity contribution >= 4 is 11.4 Å². The lowest BCUT2D eigenvalue weighted by molar-refractivity contribution is 0.107. The van der Waals surface area contributed by atoms with Crippen LogP contribution in [0.1, 0.15) is 12.0 Å². The summed E-state index contributed by atoms with van der Waals surface area (Å²) in [6.07, 6.45) is 1.55. The van der Waals surface area contributed by atoms with E-state index in [2.05, 4.69) is 65.4 Å². The first-order valence-electron chi connectivity index (χ1n) is 7.89. The topological polar surface area (TPSA) is 15.7 Å². The summed E-state index contributed by atoms with van der Waals surface area (Å²) in [6, 6.07) is 19.3. The second-order valence-corrected chi connectivity index (χ2v) is 5.94. The normalized spacial score (nSPS) is 18.5. The van der Waals surface area contributed by atoms with E-state index in [4.69, 9.17) is 4.74 Å². The molecule has 3 rings (SSSR count). The molecule has 0 spiro atoms. The molecule has 0 amide bonds. The largest absolute Gasteiger partial charge is 0.380 e. The van der Waals surface area contributed by atoms with Crippen molar-refractivity contribution in [3.05, 3.63) is 60.2 Å². The molecule has 0 aliphatic carbocycles. The summed E-state index contributed by atoms with van der Waals surface area (Å²) in [5.74, 6) is 0. The van der Waals surface area contributed by atoms with E-state index in [0.29, 0.717) is 6.10 Å². The number of methoxy groups -OCH3 is 1. The lowest BCUT2D eigenvalue weighted by atomic mass is 10.1. The van der Waals surface area contributed by atoms with E-state index in [-0.39, 0.29) is 0 Å². The molecule has 0 unspecified atom stereocenters. The van der Waals surface area contributed by atoms with Gasteiger partial charge in [-0.15, -0.1) is 0 Å². The maximum absolute atomic E-state index is 5.43. The minimum absolute atomic E-state index is 0.406. The summed E-state index contributed by atoms with van der Waals surface area (Å²) in [5, 5.41) is 0. The van der Waals surface area contributed by atoms with Crippen molar-refractivity contribution < 1.29 is 4.74 Å². The minimum Gasteiger partial charge on any atom is -0.380 e. The fourth-order valence-corrected chi connectivity index (χ4v) is 3.02. The van der Waals surface area contributed by atoms with Gasteiger partial charge in [0.25, 0.3) is 0 Å². The van der Waals surface area contributed by atoms with Crippen LogP contribution in [0.25, 0.3) is 0 Å². The van der Waals surface area contributed by atoms with Gasteiger partial charge < -0.3 is 9.64 Å². The number of nitrogens with zero attached hydrogens (tertiary/aromatic N) is 2. The quantitative estimate of drug-likeness (QED) is 0.837. The number of anilines is 2. The van der Waals surface area contributed by atoms with Crippen LogP contribution < -0.4 is 4.90 Å². The van der Waals surface area contributed by atoms with E-state index < -0.39 is 0 Å². The van der Waals surface area contributed by atoms with E-state index in [1.807, 2.05) is 13.2 Å². The molecule has 1 fully saturated rings. The number of likely N-dealkylation sites (tertiary alicyclic amines) is 1. The Hall–Kier alpha value is -1.84. The van der Waals surface area contributed by atoms with Crippen molar-refractivity contribution in [2.45, 2.75) is 19.1 Å². The molecular formula is C19H24N2O. The third-order valence-corrected chi connectivity index (χ3v) is 4.44. The zero-order chi connectivity index (χ0) is 15.4. The Morgan fingerprint density at radius 3 is 2.36 bits per heavy atom. The molecule has 116 valence electrons. The van der Waals surface area contributed by atoms with Gasteiger partial charge in [-0.25, -0.2) is 0 Å². The van der Waals surface area contributed by atoms with Crippen molar-refractivity contribution in [2.75, 3.05) is 32.1 Å². The van der Waals surface area contributed by atoms with Gasteiger partial charge in [-0.3, -0.25) is 4.90 Å². The van der Waals surface area contributed by atoms with Crippen LogP contribution in [-0.4, -0.2) is 38.3 Å². The lowest BCUT2D eigenvalue weighted by Crippen LogP contribution is -2.22. The van der Waals surface area contributed by atoms with Crippen LogP contribution in [0.4, 0.5) is 11.4 Å². The average Bonchev–Trinajstić information content (AvgIpc) is 3.03. The summed E-state index contributed by atoms with van der Waals surface area (Å²) < 4.78 is 5.43. The van der Waals surface area contributed by atoms with Crippen molar-refractivity contribution in [3.63, 3.8) is 0 Å². The molecule has 3 heteroatoms. The lowest BCUT2D eigenvalue weighted by Gasteiger charge is -2.20. The Morgan fingerprint density at radius 1 is 1.05 bits per heavy atom. The molecule has 2 aromatic rings. The van der Waals surface area contributed by atoms with Gasteiger partial charge in [0.15, 0.2) is 0 Å². The number of hydrogen-bond donors (Lipinski definition) is 0. The van der Waals surface area contributed by atoms with E-state index in [0.717, 1.165) is 26.1 Å². The molecule has 1 atom stereocenters. The van der Waals surface area contributed by atoms with Crippen molar-refractivity contribution in [3.8, 4) is 0 Å². The molecule has 1 saturated heterocycles. The fourth-order valence-electron chi connectivity index (χ4n) is 3.02. The van der Waals surface area contributed by atoms with Gasteiger partial charge in [0, 0.05) is 45.2 Å². The first-order chi connectivity index (χ1) is 10.8. The molecule has 0 radical (unpaired) electrons. The molecule has 1 heterocycles. The van der Waals surface area contributed by atoms with Crippen LogP contribution in [0.5, 0.6) is 0 Å². The number of hydrogen-bond acceptors (Lipinski definition) is 3. The number of benzene rings is 2. The molecule has 0 bridgehead atoms. The molecular weight excluding hydrogens is 272 g/mol. The molecule has 2 aromatic carbocycles. The highest BCUT2D eigenvalue weighted by Gasteiger charge is 2.21. The highest BCUT2D eigenvalue weighted by Crippen LogP contribution is 2.24. The first kappa shape index (κ1) is 15.1. The Morgan fingerprint density at radius 2 is 1.73 bits per heavy atom. The van der Waals surface area contributed by atoms with Crippen LogP contribution in [0.2, 0.25) is 0 Å². The van der Waals surface area contributed by atoms with Gasteiger partial charge >= 0.3 is 0 Å². The Bertz CT molecular complexity index is 582. The van der Waals surface area contributed by atoms with Crippen molar-refractivity contribution in [1.82, 2.24) is 4.90 Å². The SMILES string of the molecule is CO[C@H]1CCN(Cc2ccc(N(C)c3ccccc3)cc2)C1. The van der Waals surface area contributed by atoms with Crippen molar-refractivity contribution in [2.24, 2.45) is 0 Å². The van der Waals surface area contributed by atoms with Crippen LogP contribution in [-0.2, 0) is 11.3 Å². The Balaban J connectivity index is 1.63. The maximum atomic E-state index is 5.43. The predicted molar refractivity (Wildman–Crippen MR) is 91.6 cm³/mol. The minimum atomic E-state index is 0.406. The number of para-hydroxylation sites is 1. The van der Waals surface area contributed by atoms with Gasteiger partial charge in [0.1, 0.15) is 0 Å². The van der Waals surface area contributed by atoms with E-state index in [1.54, 1.807) is 0 Å². The van der Waals surface area contributed by atoms with E-state index >= 15 is 0 Å². The molecule has 1 aliphatic heterocycles. The van der Waals surface area contributed by atoms with Crippen LogP contribution in [0.3, 0.4) is 0 Å². The van der Waals surface area contributed by atoms with Crippen molar-refractivity contribution in [1.29, 1.82) is 0 Å².